The molecular weight excluding hydrogens is 344 g/mol. The summed E-state index contributed by atoms with van der Waals surface area (Å²) in [5.41, 5.74) is 4.30. The molecule has 1 N–H and O–H groups in total. The van der Waals surface area contributed by atoms with Crippen LogP contribution in [0.25, 0.3) is 16.9 Å². The number of rotatable bonds is 9. The van der Waals surface area contributed by atoms with Crippen molar-refractivity contribution < 1.29 is 0 Å². The highest BCUT2D eigenvalue weighted by atomic mass is 35.5. The van der Waals surface area contributed by atoms with Gasteiger partial charge in [-0.05, 0) is 43.2 Å². The Balaban J connectivity index is 0.00000243. The van der Waals surface area contributed by atoms with Crippen molar-refractivity contribution in [2.45, 2.75) is 52.4 Å². The number of imidazole rings is 1. The molecule has 0 radical (unpaired) electrons. The van der Waals surface area contributed by atoms with Crippen LogP contribution in [0.1, 0.15) is 51.0 Å². The molecule has 0 fully saturated rings. The van der Waals surface area contributed by atoms with Gasteiger partial charge in [-0.1, -0.05) is 39.0 Å². The molecule has 0 aromatic carbocycles. The maximum absolute atomic E-state index is 4.86. The van der Waals surface area contributed by atoms with Crippen LogP contribution in [-0.2, 0) is 0 Å². The van der Waals surface area contributed by atoms with Crippen molar-refractivity contribution in [3.05, 3.63) is 48.4 Å². The predicted molar refractivity (Wildman–Crippen MR) is 112 cm³/mol. The van der Waals surface area contributed by atoms with Gasteiger partial charge in [0.1, 0.15) is 17.2 Å². The Hall–Kier alpha value is -2.07. The number of aryl methyl sites for hydroxylation is 1. The van der Waals surface area contributed by atoms with Crippen LogP contribution in [0.5, 0.6) is 0 Å². The van der Waals surface area contributed by atoms with E-state index in [4.69, 9.17) is 4.98 Å². The fraction of sp³-hybridized carbons (Fsp3) is 0.429. The molecule has 3 aromatic heterocycles. The smallest absolute Gasteiger partial charge is 0.139 e. The Morgan fingerprint density at radius 3 is 2.50 bits per heavy atom. The molecule has 0 amide bonds. The second kappa shape index (κ2) is 10.2. The van der Waals surface area contributed by atoms with Gasteiger partial charge in [-0.25, -0.2) is 4.98 Å². The third-order valence-electron chi connectivity index (χ3n) is 4.56. The van der Waals surface area contributed by atoms with Crippen molar-refractivity contribution in [3.8, 4) is 11.3 Å². The molecule has 0 bridgehead atoms. The first kappa shape index (κ1) is 20.2. The Kier molecular flexibility index (Phi) is 7.92. The lowest BCUT2D eigenvalue weighted by molar-refractivity contribution is 0.616. The van der Waals surface area contributed by atoms with Crippen molar-refractivity contribution in [1.29, 1.82) is 0 Å². The third kappa shape index (κ3) is 4.98. The second-order valence-electron chi connectivity index (χ2n) is 6.67. The number of unbranched alkanes of at least 4 members (excludes halogenated alkanes) is 5. The number of anilines is 1. The molecule has 3 aromatic rings. The summed E-state index contributed by atoms with van der Waals surface area (Å²) < 4.78 is 2.15. The molecule has 0 aliphatic carbocycles. The summed E-state index contributed by atoms with van der Waals surface area (Å²) in [4.78, 5) is 8.98. The van der Waals surface area contributed by atoms with E-state index in [1.54, 1.807) is 0 Å². The summed E-state index contributed by atoms with van der Waals surface area (Å²) >= 11 is 0. The van der Waals surface area contributed by atoms with Gasteiger partial charge < -0.3 is 5.32 Å². The van der Waals surface area contributed by atoms with Crippen molar-refractivity contribution in [2.24, 2.45) is 0 Å². The predicted octanol–water partition coefficient (Wildman–Crippen LogP) is 5.90. The van der Waals surface area contributed by atoms with E-state index in [0.29, 0.717) is 0 Å². The molecule has 26 heavy (non-hydrogen) atoms. The van der Waals surface area contributed by atoms with Crippen LogP contribution in [0.2, 0.25) is 0 Å². The molecule has 0 saturated carbocycles. The lowest BCUT2D eigenvalue weighted by atomic mass is 10.1. The number of aromatic nitrogens is 3. The number of nitrogens with one attached hydrogen (secondary N) is 1. The van der Waals surface area contributed by atoms with E-state index >= 15 is 0 Å². The molecule has 0 spiro atoms. The Morgan fingerprint density at radius 1 is 1.00 bits per heavy atom. The quantitative estimate of drug-likeness (QED) is 0.475. The van der Waals surface area contributed by atoms with E-state index < -0.39 is 0 Å². The topological polar surface area (TPSA) is 42.2 Å². The largest absolute Gasteiger partial charge is 0.369 e. The number of fused-ring (bicyclic) bond motifs is 1. The van der Waals surface area contributed by atoms with Crippen LogP contribution in [0.15, 0.2) is 42.9 Å². The molecule has 0 atom stereocenters. The molecule has 3 rings (SSSR count). The van der Waals surface area contributed by atoms with Gasteiger partial charge in [0.15, 0.2) is 0 Å². The van der Waals surface area contributed by atoms with Crippen molar-refractivity contribution in [1.82, 2.24) is 14.4 Å². The van der Waals surface area contributed by atoms with Crippen LogP contribution in [0, 0.1) is 6.92 Å². The number of nitrogens with zero attached hydrogens (tertiary/aromatic N) is 3. The summed E-state index contributed by atoms with van der Waals surface area (Å²) in [6, 6.07) is 8.29. The summed E-state index contributed by atoms with van der Waals surface area (Å²) in [6.07, 6.45) is 13.6. The van der Waals surface area contributed by atoms with Gasteiger partial charge in [0.25, 0.3) is 0 Å². The highest BCUT2D eigenvalue weighted by molar-refractivity contribution is 5.85. The van der Waals surface area contributed by atoms with Gasteiger partial charge >= 0.3 is 0 Å². The first-order valence-electron chi connectivity index (χ1n) is 9.42. The molecule has 5 heteroatoms. The Labute approximate surface area is 162 Å². The molecule has 0 saturated heterocycles. The zero-order valence-corrected chi connectivity index (χ0v) is 16.6. The summed E-state index contributed by atoms with van der Waals surface area (Å²) in [7, 11) is 0. The minimum atomic E-state index is 0. The van der Waals surface area contributed by atoms with E-state index in [-0.39, 0.29) is 12.4 Å². The first-order chi connectivity index (χ1) is 12.3. The molecule has 0 aliphatic rings. The maximum Gasteiger partial charge on any atom is 0.139 e. The van der Waals surface area contributed by atoms with E-state index in [2.05, 4.69) is 46.9 Å². The first-order valence-corrected chi connectivity index (χ1v) is 9.42. The van der Waals surface area contributed by atoms with Gasteiger partial charge in [0, 0.05) is 30.7 Å². The standard InChI is InChI=1S/C21H28N4.ClH/c1-3-4-5-6-7-8-12-23-21-20(18-9-13-22-14-10-18)24-19-16-17(2)11-15-25(19)21;/h9-11,13-16,23H,3-8,12H2,1-2H3;1H. The van der Waals surface area contributed by atoms with Gasteiger partial charge in [-0.15, -0.1) is 12.4 Å². The minimum Gasteiger partial charge on any atom is -0.369 e. The number of hydrogen-bond acceptors (Lipinski definition) is 3. The van der Waals surface area contributed by atoms with Gasteiger partial charge in [0.2, 0.25) is 0 Å². The van der Waals surface area contributed by atoms with E-state index in [1.165, 1.54) is 44.1 Å². The molecule has 3 heterocycles. The van der Waals surface area contributed by atoms with Crippen LogP contribution in [-0.4, -0.2) is 20.9 Å². The zero-order valence-electron chi connectivity index (χ0n) is 15.7. The van der Waals surface area contributed by atoms with Gasteiger partial charge in [0.05, 0.1) is 0 Å². The third-order valence-corrected chi connectivity index (χ3v) is 4.56. The fourth-order valence-corrected chi connectivity index (χ4v) is 3.14. The van der Waals surface area contributed by atoms with Crippen molar-refractivity contribution in [2.75, 3.05) is 11.9 Å². The van der Waals surface area contributed by atoms with Crippen LogP contribution < -0.4 is 5.32 Å². The van der Waals surface area contributed by atoms with Crippen molar-refractivity contribution in [3.63, 3.8) is 0 Å². The van der Waals surface area contributed by atoms with Crippen LogP contribution in [0.3, 0.4) is 0 Å². The van der Waals surface area contributed by atoms with Crippen LogP contribution in [0.4, 0.5) is 5.82 Å². The Morgan fingerprint density at radius 2 is 1.73 bits per heavy atom. The fourth-order valence-electron chi connectivity index (χ4n) is 3.14. The zero-order chi connectivity index (χ0) is 17.5. The van der Waals surface area contributed by atoms with Gasteiger partial charge in [-0.2, -0.15) is 0 Å². The number of pyridine rings is 2. The molecule has 4 nitrogen and oxygen atoms in total. The Bertz CT molecular complexity index is 798. The summed E-state index contributed by atoms with van der Waals surface area (Å²) in [5.74, 6) is 1.08. The SMILES string of the molecule is CCCCCCCCNc1c(-c2ccncc2)nc2cc(C)ccn12.Cl. The highest BCUT2D eigenvalue weighted by Gasteiger charge is 2.13. The van der Waals surface area contributed by atoms with Gasteiger partial charge in [-0.3, -0.25) is 9.38 Å². The molecular formula is C21H29ClN4. The monoisotopic (exact) mass is 372 g/mol. The van der Waals surface area contributed by atoms with E-state index in [0.717, 1.165) is 29.3 Å². The van der Waals surface area contributed by atoms with E-state index in [9.17, 15) is 0 Å². The number of halogens is 1. The summed E-state index contributed by atoms with van der Waals surface area (Å²) in [5, 5.41) is 3.63. The van der Waals surface area contributed by atoms with Crippen LogP contribution >= 0.6 is 12.4 Å². The normalized spacial score (nSPS) is 10.7. The summed E-state index contributed by atoms with van der Waals surface area (Å²) in [6.45, 7) is 5.34. The maximum atomic E-state index is 4.86. The average Bonchev–Trinajstić information content (AvgIpc) is 2.99. The average molecular weight is 373 g/mol. The number of hydrogen-bond donors (Lipinski definition) is 1. The molecule has 140 valence electrons. The molecule has 0 aliphatic heterocycles. The second-order valence-corrected chi connectivity index (χ2v) is 6.67. The minimum absolute atomic E-state index is 0. The highest BCUT2D eigenvalue weighted by Crippen LogP contribution is 2.28. The molecule has 0 unspecified atom stereocenters. The lowest BCUT2D eigenvalue weighted by Gasteiger charge is -2.09. The van der Waals surface area contributed by atoms with Crippen molar-refractivity contribution >= 4 is 23.9 Å². The lowest BCUT2D eigenvalue weighted by Crippen LogP contribution is -2.05. The van der Waals surface area contributed by atoms with E-state index in [1.807, 2.05) is 24.5 Å².